The van der Waals surface area contributed by atoms with Gasteiger partial charge in [-0.05, 0) is 60.9 Å². The molecule has 5 nitrogen and oxygen atoms in total. The molecule has 0 spiro atoms. The fraction of sp³-hybridized carbons (Fsp3) is 0.208. The highest BCUT2D eigenvalue weighted by atomic mass is 35.5. The number of benzene rings is 3. The maximum atomic E-state index is 12.8. The van der Waals surface area contributed by atoms with Crippen molar-refractivity contribution in [3.8, 4) is 0 Å². The molecule has 0 saturated heterocycles. The minimum absolute atomic E-state index is 0.0219. The van der Waals surface area contributed by atoms with Crippen LogP contribution in [0.5, 0.6) is 0 Å². The third-order valence-electron chi connectivity index (χ3n) is 5.16. The Morgan fingerprint density at radius 1 is 0.969 bits per heavy atom. The third-order valence-corrected chi connectivity index (χ3v) is 7.01. The highest BCUT2D eigenvalue weighted by Gasteiger charge is 2.21. The minimum Gasteiger partial charge on any atom is -0.321 e. The Balaban J connectivity index is 1.88. The highest BCUT2D eigenvalue weighted by Crippen LogP contribution is 2.29. The molecule has 8 heteroatoms. The smallest absolute Gasteiger partial charge is 0.255 e. The van der Waals surface area contributed by atoms with Gasteiger partial charge in [0.2, 0.25) is 10.0 Å². The summed E-state index contributed by atoms with van der Waals surface area (Å²) in [5, 5.41) is 3.74. The number of amides is 1. The number of aryl methyl sites for hydroxylation is 2. The van der Waals surface area contributed by atoms with Crippen molar-refractivity contribution in [2.24, 2.45) is 0 Å². The van der Waals surface area contributed by atoms with E-state index >= 15 is 0 Å². The number of hydrogen-bond donors (Lipinski definition) is 1. The summed E-state index contributed by atoms with van der Waals surface area (Å²) < 4.78 is 26.2. The standard InChI is InChI=1S/C24H24Cl2N2O3S/c1-4-17-8-5-7-16(2)23(17)27-24(29)18-11-13-19(14-12-18)28(32(3,30)31)15-20-21(25)9-6-10-22(20)26/h5-14H,4,15H2,1-3H3,(H,27,29). The van der Waals surface area contributed by atoms with E-state index in [0.717, 1.165) is 29.5 Å². The lowest BCUT2D eigenvalue weighted by molar-refractivity contribution is 0.102. The third kappa shape index (κ3) is 5.44. The normalized spacial score (nSPS) is 11.3. The molecule has 1 amide bonds. The van der Waals surface area contributed by atoms with Crippen LogP contribution in [0.25, 0.3) is 0 Å². The van der Waals surface area contributed by atoms with Crippen molar-refractivity contribution in [2.75, 3.05) is 15.9 Å². The van der Waals surface area contributed by atoms with Crippen molar-refractivity contribution in [1.29, 1.82) is 0 Å². The van der Waals surface area contributed by atoms with E-state index in [9.17, 15) is 13.2 Å². The lowest BCUT2D eigenvalue weighted by atomic mass is 10.1. The maximum Gasteiger partial charge on any atom is 0.255 e. The summed E-state index contributed by atoms with van der Waals surface area (Å²) in [6.45, 7) is 3.96. The van der Waals surface area contributed by atoms with Gasteiger partial charge in [-0.15, -0.1) is 0 Å². The van der Waals surface area contributed by atoms with Crippen LogP contribution < -0.4 is 9.62 Å². The molecule has 0 radical (unpaired) electrons. The molecule has 0 unspecified atom stereocenters. The van der Waals surface area contributed by atoms with Gasteiger partial charge in [-0.3, -0.25) is 9.10 Å². The summed E-state index contributed by atoms with van der Waals surface area (Å²) in [5.74, 6) is -0.263. The molecule has 0 heterocycles. The Labute approximate surface area is 199 Å². The molecule has 168 valence electrons. The quantitative estimate of drug-likeness (QED) is 0.436. The number of nitrogens with one attached hydrogen (secondary N) is 1. The molecule has 0 aliphatic rings. The second-order valence-electron chi connectivity index (χ2n) is 7.43. The fourth-order valence-corrected chi connectivity index (χ4v) is 4.78. The van der Waals surface area contributed by atoms with Gasteiger partial charge in [0.1, 0.15) is 0 Å². The molecule has 0 atom stereocenters. The average Bonchev–Trinajstić information content (AvgIpc) is 2.74. The van der Waals surface area contributed by atoms with E-state index in [-0.39, 0.29) is 12.5 Å². The van der Waals surface area contributed by atoms with E-state index in [1.807, 2.05) is 32.0 Å². The number of nitrogens with zero attached hydrogens (tertiary/aromatic N) is 1. The molecule has 32 heavy (non-hydrogen) atoms. The molecular weight excluding hydrogens is 467 g/mol. The first-order valence-corrected chi connectivity index (χ1v) is 12.6. The van der Waals surface area contributed by atoms with E-state index in [0.29, 0.717) is 26.9 Å². The van der Waals surface area contributed by atoms with E-state index in [1.165, 1.54) is 4.31 Å². The van der Waals surface area contributed by atoms with Gasteiger partial charge in [0.05, 0.1) is 18.5 Å². The van der Waals surface area contributed by atoms with Crippen LogP contribution >= 0.6 is 23.2 Å². The first-order chi connectivity index (χ1) is 15.1. The summed E-state index contributed by atoms with van der Waals surface area (Å²) in [5.41, 5.74) is 4.17. The molecule has 3 aromatic rings. The van der Waals surface area contributed by atoms with Gasteiger partial charge in [-0.1, -0.05) is 54.4 Å². The highest BCUT2D eigenvalue weighted by molar-refractivity contribution is 7.92. The number of rotatable bonds is 7. The van der Waals surface area contributed by atoms with E-state index in [1.54, 1.807) is 42.5 Å². The van der Waals surface area contributed by atoms with Gasteiger partial charge in [-0.25, -0.2) is 8.42 Å². The van der Waals surface area contributed by atoms with Crippen molar-refractivity contribution in [2.45, 2.75) is 26.8 Å². The Hall–Kier alpha value is -2.54. The number of halogens is 2. The molecule has 0 saturated carbocycles. The first-order valence-electron chi connectivity index (χ1n) is 10.0. The molecular formula is C24H24Cl2N2O3S. The van der Waals surface area contributed by atoms with Crippen LogP contribution in [-0.4, -0.2) is 20.6 Å². The largest absolute Gasteiger partial charge is 0.321 e. The van der Waals surface area contributed by atoms with Crippen LogP contribution in [0.4, 0.5) is 11.4 Å². The Kier molecular flexibility index (Phi) is 7.49. The summed E-state index contributed by atoms with van der Waals surface area (Å²) in [7, 11) is -3.63. The predicted octanol–water partition coefficient (Wildman–Crippen LogP) is 6.08. The average molecular weight is 491 g/mol. The van der Waals surface area contributed by atoms with Gasteiger partial charge in [-0.2, -0.15) is 0 Å². The molecule has 0 fully saturated rings. The molecule has 1 N–H and O–H groups in total. The first kappa shape index (κ1) is 24.1. The molecule has 3 aromatic carbocycles. The van der Waals surface area contributed by atoms with Gasteiger partial charge in [0, 0.05) is 26.9 Å². The van der Waals surface area contributed by atoms with Crippen molar-refractivity contribution in [1.82, 2.24) is 0 Å². The Morgan fingerprint density at radius 3 is 2.12 bits per heavy atom. The van der Waals surface area contributed by atoms with E-state index < -0.39 is 10.0 Å². The van der Waals surface area contributed by atoms with Gasteiger partial charge in [0.25, 0.3) is 5.91 Å². The Bertz CT molecular complexity index is 1220. The van der Waals surface area contributed by atoms with Crippen LogP contribution in [0, 0.1) is 6.92 Å². The molecule has 0 aliphatic heterocycles. The molecule has 0 aromatic heterocycles. The minimum atomic E-state index is -3.63. The topological polar surface area (TPSA) is 66.5 Å². The lowest BCUT2D eigenvalue weighted by Gasteiger charge is -2.24. The monoisotopic (exact) mass is 490 g/mol. The predicted molar refractivity (Wildman–Crippen MR) is 132 cm³/mol. The summed E-state index contributed by atoms with van der Waals surface area (Å²) in [6.07, 6.45) is 1.91. The number of hydrogen-bond acceptors (Lipinski definition) is 3. The van der Waals surface area contributed by atoms with Gasteiger partial charge >= 0.3 is 0 Å². The number of sulfonamides is 1. The zero-order valence-corrected chi connectivity index (χ0v) is 20.4. The van der Waals surface area contributed by atoms with Crippen LogP contribution in [0.2, 0.25) is 10.0 Å². The zero-order chi connectivity index (χ0) is 23.5. The van der Waals surface area contributed by atoms with Gasteiger partial charge < -0.3 is 5.32 Å². The lowest BCUT2D eigenvalue weighted by Crippen LogP contribution is -2.29. The number of anilines is 2. The summed E-state index contributed by atoms with van der Waals surface area (Å²) >= 11 is 12.5. The second-order valence-corrected chi connectivity index (χ2v) is 10.2. The molecule has 3 rings (SSSR count). The van der Waals surface area contributed by atoms with E-state index in [2.05, 4.69) is 5.32 Å². The molecule has 0 aliphatic carbocycles. The van der Waals surface area contributed by atoms with Crippen molar-refractivity contribution in [3.63, 3.8) is 0 Å². The Morgan fingerprint density at radius 2 is 1.56 bits per heavy atom. The zero-order valence-electron chi connectivity index (χ0n) is 18.0. The molecule has 0 bridgehead atoms. The maximum absolute atomic E-state index is 12.8. The van der Waals surface area contributed by atoms with Crippen LogP contribution in [0.1, 0.15) is 34.0 Å². The van der Waals surface area contributed by atoms with Crippen molar-refractivity contribution < 1.29 is 13.2 Å². The number of carbonyl (C=O) groups excluding carboxylic acids is 1. The van der Waals surface area contributed by atoms with Crippen molar-refractivity contribution in [3.05, 3.63) is 93.0 Å². The number of para-hydroxylation sites is 1. The van der Waals surface area contributed by atoms with Crippen LogP contribution in [0.3, 0.4) is 0 Å². The number of carbonyl (C=O) groups is 1. The summed E-state index contributed by atoms with van der Waals surface area (Å²) in [4.78, 5) is 12.8. The van der Waals surface area contributed by atoms with Crippen molar-refractivity contribution >= 4 is 50.5 Å². The summed E-state index contributed by atoms with van der Waals surface area (Å²) in [6, 6.07) is 17.3. The van der Waals surface area contributed by atoms with Crippen LogP contribution in [0.15, 0.2) is 60.7 Å². The van der Waals surface area contributed by atoms with E-state index in [4.69, 9.17) is 23.2 Å². The van der Waals surface area contributed by atoms with Crippen LogP contribution in [-0.2, 0) is 23.0 Å². The second kappa shape index (κ2) is 9.94. The fourth-order valence-electron chi connectivity index (χ4n) is 3.39. The SMILES string of the molecule is CCc1cccc(C)c1NC(=O)c1ccc(N(Cc2c(Cl)cccc2Cl)S(C)(=O)=O)cc1. The van der Waals surface area contributed by atoms with Gasteiger partial charge in [0.15, 0.2) is 0 Å².